The van der Waals surface area contributed by atoms with Gasteiger partial charge in [-0.15, -0.1) is 0 Å². The molecule has 2 heterocycles. The van der Waals surface area contributed by atoms with E-state index < -0.39 is 17.8 Å². The molecular weight excluding hydrogens is 325 g/mol. The number of anilines is 2. The molecule has 0 aliphatic rings. The molecule has 7 nitrogen and oxygen atoms in total. The fourth-order valence-electron chi connectivity index (χ4n) is 2.20. The second-order valence-corrected chi connectivity index (χ2v) is 5.38. The van der Waals surface area contributed by atoms with Crippen LogP contribution in [0.15, 0.2) is 47.1 Å². The van der Waals surface area contributed by atoms with Gasteiger partial charge < -0.3 is 15.2 Å². The van der Waals surface area contributed by atoms with E-state index in [0.29, 0.717) is 11.7 Å². The lowest BCUT2D eigenvalue weighted by atomic mass is 10.2. The van der Waals surface area contributed by atoms with Crippen LogP contribution in [0, 0.1) is 12.7 Å². The molecule has 0 bridgehead atoms. The van der Waals surface area contributed by atoms with Crippen LogP contribution in [0.4, 0.5) is 15.9 Å². The van der Waals surface area contributed by atoms with Crippen LogP contribution >= 0.6 is 0 Å². The maximum absolute atomic E-state index is 13.8. The van der Waals surface area contributed by atoms with Gasteiger partial charge in [-0.1, -0.05) is 17.3 Å². The highest BCUT2D eigenvalue weighted by molar-refractivity contribution is 5.99. The predicted molar refractivity (Wildman–Crippen MR) is 88.8 cm³/mol. The zero-order chi connectivity index (χ0) is 17.8. The molecule has 1 aromatic carbocycles. The van der Waals surface area contributed by atoms with Crippen LogP contribution in [0.1, 0.15) is 35.0 Å². The van der Waals surface area contributed by atoms with Gasteiger partial charge in [-0.3, -0.25) is 4.79 Å². The number of benzene rings is 1. The van der Waals surface area contributed by atoms with Gasteiger partial charge in [0.25, 0.3) is 5.91 Å². The largest absolute Gasteiger partial charge is 0.340 e. The standard InChI is InChI=1S/C17H16FN5O2/c1-10(17-21-11(2)23-25-17)20-16(24)12-6-5-9-19-15(12)22-14-8-4-3-7-13(14)18/h3-10H,1-2H3,(H,19,22)(H,20,24)/t10-/m1/s1. The second kappa shape index (κ2) is 7.08. The Bertz CT molecular complexity index is 896. The van der Waals surface area contributed by atoms with Crippen molar-refractivity contribution in [2.75, 3.05) is 5.32 Å². The van der Waals surface area contributed by atoms with Crippen molar-refractivity contribution in [3.05, 3.63) is 65.7 Å². The molecule has 3 rings (SSSR count). The molecule has 1 amide bonds. The van der Waals surface area contributed by atoms with Crippen LogP contribution in [0.25, 0.3) is 0 Å². The lowest BCUT2D eigenvalue weighted by Gasteiger charge is -2.13. The van der Waals surface area contributed by atoms with Gasteiger partial charge in [0.15, 0.2) is 5.82 Å². The Labute approximate surface area is 143 Å². The zero-order valence-corrected chi connectivity index (χ0v) is 13.7. The number of para-hydroxylation sites is 1. The molecule has 0 saturated carbocycles. The SMILES string of the molecule is Cc1noc([C@@H](C)NC(=O)c2cccnc2Nc2ccccc2F)n1. The summed E-state index contributed by atoms with van der Waals surface area (Å²) in [7, 11) is 0. The molecule has 8 heteroatoms. The third-order valence-electron chi connectivity index (χ3n) is 3.44. The van der Waals surface area contributed by atoms with E-state index in [1.165, 1.54) is 12.3 Å². The first kappa shape index (κ1) is 16.6. The normalized spacial score (nSPS) is 11.8. The van der Waals surface area contributed by atoms with E-state index in [1.54, 1.807) is 44.2 Å². The molecule has 0 unspecified atom stereocenters. The number of aryl methyl sites for hydroxylation is 1. The van der Waals surface area contributed by atoms with Crippen LogP contribution in [0.5, 0.6) is 0 Å². The number of rotatable bonds is 5. The minimum atomic E-state index is -0.477. The molecule has 0 fully saturated rings. The van der Waals surface area contributed by atoms with Gasteiger partial charge in [-0.25, -0.2) is 9.37 Å². The molecule has 1 atom stereocenters. The molecule has 2 aromatic heterocycles. The highest BCUT2D eigenvalue weighted by Gasteiger charge is 2.19. The Kier molecular flexibility index (Phi) is 4.69. The Balaban J connectivity index is 1.80. The average molecular weight is 341 g/mol. The van der Waals surface area contributed by atoms with Crippen molar-refractivity contribution in [2.45, 2.75) is 19.9 Å². The highest BCUT2D eigenvalue weighted by atomic mass is 19.1. The van der Waals surface area contributed by atoms with Gasteiger partial charge in [0.1, 0.15) is 17.7 Å². The summed E-state index contributed by atoms with van der Waals surface area (Å²) in [5, 5.41) is 9.30. The van der Waals surface area contributed by atoms with Crippen LogP contribution < -0.4 is 10.6 Å². The van der Waals surface area contributed by atoms with Crippen LogP contribution in [0.2, 0.25) is 0 Å². The molecule has 128 valence electrons. The van der Waals surface area contributed by atoms with Crippen LogP contribution in [-0.2, 0) is 0 Å². The first-order chi connectivity index (χ1) is 12.0. The number of pyridine rings is 1. The van der Waals surface area contributed by atoms with Gasteiger partial charge in [-0.05, 0) is 38.1 Å². The van der Waals surface area contributed by atoms with E-state index in [1.807, 2.05) is 0 Å². The summed E-state index contributed by atoms with van der Waals surface area (Å²) in [6.45, 7) is 3.42. The molecule has 25 heavy (non-hydrogen) atoms. The fourth-order valence-corrected chi connectivity index (χ4v) is 2.20. The van der Waals surface area contributed by atoms with Crippen molar-refractivity contribution >= 4 is 17.4 Å². The number of hydrogen-bond acceptors (Lipinski definition) is 6. The van der Waals surface area contributed by atoms with Crippen LogP contribution in [-0.4, -0.2) is 21.0 Å². The number of carbonyl (C=O) groups excluding carboxylic acids is 1. The lowest BCUT2D eigenvalue weighted by molar-refractivity contribution is 0.0933. The number of nitrogens with one attached hydrogen (secondary N) is 2. The second-order valence-electron chi connectivity index (χ2n) is 5.38. The minimum absolute atomic E-state index is 0.232. The van der Waals surface area contributed by atoms with Crippen molar-refractivity contribution in [2.24, 2.45) is 0 Å². The number of amides is 1. The third-order valence-corrected chi connectivity index (χ3v) is 3.44. The molecule has 0 radical (unpaired) electrons. The summed E-state index contributed by atoms with van der Waals surface area (Å²) in [5.41, 5.74) is 0.504. The maximum atomic E-state index is 13.8. The first-order valence-electron chi connectivity index (χ1n) is 7.62. The Morgan fingerprint density at radius 1 is 1.24 bits per heavy atom. The van der Waals surface area contributed by atoms with Crippen molar-refractivity contribution in [1.82, 2.24) is 20.4 Å². The zero-order valence-electron chi connectivity index (χ0n) is 13.7. The molecular formula is C17H16FN5O2. The third kappa shape index (κ3) is 3.79. The van der Waals surface area contributed by atoms with Crippen molar-refractivity contribution in [3.63, 3.8) is 0 Å². The Morgan fingerprint density at radius 3 is 2.76 bits per heavy atom. The fraction of sp³-hybridized carbons (Fsp3) is 0.176. The van der Waals surface area contributed by atoms with Gasteiger partial charge in [0, 0.05) is 6.20 Å². The number of carbonyl (C=O) groups is 1. The van der Waals surface area contributed by atoms with Crippen LogP contribution in [0.3, 0.4) is 0 Å². The quantitative estimate of drug-likeness (QED) is 0.740. The van der Waals surface area contributed by atoms with Gasteiger partial charge in [-0.2, -0.15) is 4.98 Å². The highest BCUT2D eigenvalue weighted by Crippen LogP contribution is 2.21. The maximum Gasteiger partial charge on any atom is 0.255 e. The summed E-state index contributed by atoms with van der Waals surface area (Å²) in [6.07, 6.45) is 1.52. The van der Waals surface area contributed by atoms with Gasteiger partial charge in [0.2, 0.25) is 5.89 Å². The van der Waals surface area contributed by atoms with Crippen molar-refractivity contribution in [3.8, 4) is 0 Å². The molecule has 0 spiro atoms. The number of halogens is 1. The van der Waals surface area contributed by atoms with E-state index in [-0.39, 0.29) is 17.1 Å². The summed E-state index contributed by atoms with van der Waals surface area (Å²) in [4.78, 5) is 20.8. The lowest BCUT2D eigenvalue weighted by Crippen LogP contribution is -2.27. The van der Waals surface area contributed by atoms with Crippen molar-refractivity contribution < 1.29 is 13.7 Å². The number of aromatic nitrogens is 3. The predicted octanol–water partition coefficient (Wildman–Crippen LogP) is 3.15. The summed E-state index contributed by atoms with van der Waals surface area (Å²) < 4.78 is 18.9. The molecule has 0 saturated heterocycles. The number of hydrogen-bond donors (Lipinski definition) is 2. The first-order valence-corrected chi connectivity index (χ1v) is 7.62. The van der Waals surface area contributed by atoms with E-state index in [0.717, 1.165) is 0 Å². The summed E-state index contributed by atoms with van der Waals surface area (Å²) >= 11 is 0. The van der Waals surface area contributed by atoms with Gasteiger partial charge >= 0.3 is 0 Å². The number of nitrogens with zero attached hydrogens (tertiary/aromatic N) is 3. The van der Waals surface area contributed by atoms with E-state index >= 15 is 0 Å². The molecule has 2 N–H and O–H groups in total. The van der Waals surface area contributed by atoms with E-state index in [2.05, 4.69) is 25.8 Å². The van der Waals surface area contributed by atoms with Gasteiger partial charge in [0.05, 0.1) is 11.3 Å². The monoisotopic (exact) mass is 341 g/mol. The van der Waals surface area contributed by atoms with E-state index in [9.17, 15) is 9.18 Å². The summed E-state index contributed by atoms with van der Waals surface area (Å²) in [5.74, 6) is 0.209. The minimum Gasteiger partial charge on any atom is -0.340 e. The van der Waals surface area contributed by atoms with E-state index in [4.69, 9.17) is 4.52 Å². The topological polar surface area (TPSA) is 92.9 Å². The Hall–Kier alpha value is -3.29. The summed E-state index contributed by atoms with van der Waals surface area (Å²) in [6, 6.07) is 8.91. The average Bonchev–Trinajstić information content (AvgIpc) is 3.04. The Morgan fingerprint density at radius 2 is 2.04 bits per heavy atom. The molecule has 0 aliphatic heterocycles. The van der Waals surface area contributed by atoms with Crippen molar-refractivity contribution in [1.29, 1.82) is 0 Å². The molecule has 3 aromatic rings. The molecule has 0 aliphatic carbocycles. The smallest absolute Gasteiger partial charge is 0.255 e.